The minimum atomic E-state index is -0.607. The number of aryl methyl sites for hydroxylation is 1. The van der Waals surface area contributed by atoms with Crippen LogP contribution in [0, 0.1) is 6.92 Å². The predicted molar refractivity (Wildman–Crippen MR) is 137 cm³/mol. The van der Waals surface area contributed by atoms with Crippen LogP contribution in [0.3, 0.4) is 0 Å². The first kappa shape index (κ1) is 26.5. The van der Waals surface area contributed by atoms with Crippen molar-refractivity contribution in [2.75, 3.05) is 38.1 Å². The number of anilines is 1. The Labute approximate surface area is 223 Å². The summed E-state index contributed by atoms with van der Waals surface area (Å²) in [6.07, 6.45) is 1.23. The van der Waals surface area contributed by atoms with Crippen LogP contribution in [0.15, 0.2) is 35.0 Å². The molecule has 1 saturated heterocycles. The molecule has 37 heavy (non-hydrogen) atoms. The van der Waals surface area contributed by atoms with Gasteiger partial charge in [0, 0.05) is 49.0 Å². The zero-order chi connectivity index (χ0) is 26.7. The molecule has 3 amide bonds. The third kappa shape index (κ3) is 5.89. The van der Waals surface area contributed by atoms with Crippen molar-refractivity contribution in [3.8, 4) is 11.3 Å². The summed E-state index contributed by atoms with van der Waals surface area (Å²) in [5.41, 5.74) is 1.57. The molecule has 0 radical (unpaired) electrons. The van der Waals surface area contributed by atoms with Crippen LogP contribution >= 0.6 is 23.2 Å². The lowest BCUT2D eigenvalue weighted by atomic mass is 10.1. The molecule has 1 aliphatic rings. The van der Waals surface area contributed by atoms with E-state index in [0.717, 1.165) is 0 Å². The van der Waals surface area contributed by atoms with E-state index in [4.69, 9.17) is 32.5 Å². The molecular weight excluding hydrogens is 523 g/mol. The Balaban J connectivity index is 1.39. The molecule has 1 fully saturated rings. The van der Waals surface area contributed by atoms with Crippen molar-refractivity contribution >= 4 is 46.8 Å². The molecule has 3 aromatic rings. The van der Waals surface area contributed by atoms with Crippen molar-refractivity contribution in [3.63, 3.8) is 0 Å². The second-order valence-corrected chi connectivity index (χ2v) is 9.29. The number of nitrogens with one attached hydrogen (secondary N) is 1. The van der Waals surface area contributed by atoms with Gasteiger partial charge in [-0.05, 0) is 39.0 Å². The maximum atomic E-state index is 13.1. The van der Waals surface area contributed by atoms with Crippen LogP contribution < -0.4 is 5.32 Å². The van der Waals surface area contributed by atoms with E-state index in [-0.39, 0.29) is 17.7 Å². The van der Waals surface area contributed by atoms with Crippen LogP contribution in [0.4, 0.5) is 10.5 Å². The third-order valence-corrected chi connectivity index (χ3v) is 6.52. The Hall–Kier alpha value is -3.57. The molecular formula is C24H26Cl2N6O5. The first-order valence-electron chi connectivity index (χ1n) is 11.7. The van der Waals surface area contributed by atoms with Gasteiger partial charge < -0.3 is 24.4 Å². The van der Waals surface area contributed by atoms with Crippen molar-refractivity contribution < 1.29 is 23.6 Å². The lowest BCUT2D eigenvalue weighted by Gasteiger charge is -2.35. The van der Waals surface area contributed by atoms with Gasteiger partial charge in [-0.3, -0.25) is 14.3 Å². The summed E-state index contributed by atoms with van der Waals surface area (Å²) in [5.74, 6) is -0.316. The lowest BCUT2D eigenvalue weighted by Crippen LogP contribution is -2.52. The molecule has 11 nitrogen and oxygen atoms in total. The van der Waals surface area contributed by atoms with Gasteiger partial charge >= 0.3 is 6.09 Å². The number of nitrogens with zero attached hydrogens (tertiary/aromatic N) is 5. The SMILES string of the molecule is CCOC(=O)N1CCN(C(=O)C(C)n2cc(NC(=O)c3cc(-c4ccc(Cl)cc4Cl)on3)c(C)n2)CC1. The Morgan fingerprint density at radius 2 is 1.84 bits per heavy atom. The molecule has 0 spiro atoms. The molecule has 196 valence electrons. The minimum Gasteiger partial charge on any atom is -0.450 e. The number of benzene rings is 1. The van der Waals surface area contributed by atoms with E-state index < -0.39 is 11.9 Å². The average Bonchev–Trinajstić information content (AvgIpc) is 3.51. The molecule has 0 bridgehead atoms. The van der Waals surface area contributed by atoms with Gasteiger partial charge in [-0.25, -0.2) is 4.79 Å². The third-order valence-electron chi connectivity index (χ3n) is 5.98. The first-order valence-corrected chi connectivity index (χ1v) is 12.4. The highest BCUT2D eigenvalue weighted by atomic mass is 35.5. The van der Waals surface area contributed by atoms with Crippen LogP contribution in [-0.2, 0) is 9.53 Å². The van der Waals surface area contributed by atoms with E-state index in [1.165, 1.54) is 10.7 Å². The number of aromatic nitrogens is 3. The number of piperazine rings is 1. The fraction of sp³-hybridized carbons (Fsp3) is 0.375. The van der Waals surface area contributed by atoms with Gasteiger partial charge in [-0.1, -0.05) is 28.4 Å². The highest BCUT2D eigenvalue weighted by Gasteiger charge is 2.29. The quantitative estimate of drug-likeness (QED) is 0.487. The van der Waals surface area contributed by atoms with Crippen molar-refractivity contribution in [2.24, 2.45) is 0 Å². The van der Waals surface area contributed by atoms with E-state index in [1.54, 1.807) is 55.0 Å². The zero-order valence-corrected chi connectivity index (χ0v) is 22.0. The van der Waals surface area contributed by atoms with Crippen LogP contribution in [0.2, 0.25) is 10.0 Å². The van der Waals surface area contributed by atoms with E-state index in [1.807, 2.05) is 0 Å². The summed E-state index contributed by atoms with van der Waals surface area (Å²) >= 11 is 12.1. The van der Waals surface area contributed by atoms with Gasteiger partial charge in [0.25, 0.3) is 5.91 Å². The van der Waals surface area contributed by atoms with Gasteiger partial charge in [0.05, 0.1) is 23.0 Å². The molecule has 1 aliphatic heterocycles. The largest absolute Gasteiger partial charge is 0.450 e. The van der Waals surface area contributed by atoms with Crippen molar-refractivity contribution in [2.45, 2.75) is 26.8 Å². The predicted octanol–water partition coefficient (Wildman–Crippen LogP) is 4.27. The summed E-state index contributed by atoms with van der Waals surface area (Å²) < 4.78 is 11.8. The van der Waals surface area contributed by atoms with Crippen LogP contribution in [0.25, 0.3) is 11.3 Å². The van der Waals surface area contributed by atoms with E-state index >= 15 is 0 Å². The lowest BCUT2D eigenvalue weighted by molar-refractivity contribution is -0.136. The number of hydrogen-bond donors (Lipinski definition) is 1. The van der Waals surface area contributed by atoms with Gasteiger partial charge in [0.15, 0.2) is 11.5 Å². The fourth-order valence-corrected chi connectivity index (χ4v) is 4.39. The Bertz CT molecular complexity index is 1310. The molecule has 1 atom stereocenters. The molecule has 0 saturated carbocycles. The highest BCUT2D eigenvalue weighted by molar-refractivity contribution is 6.36. The maximum Gasteiger partial charge on any atom is 0.409 e. The van der Waals surface area contributed by atoms with Crippen LogP contribution in [0.5, 0.6) is 0 Å². The molecule has 1 unspecified atom stereocenters. The second-order valence-electron chi connectivity index (χ2n) is 8.45. The van der Waals surface area contributed by atoms with Gasteiger partial charge in [0.1, 0.15) is 6.04 Å². The summed E-state index contributed by atoms with van der Waals surface area (Å²) in [4.78, 5) is 41.0. The number of hydrogen-bond acceptors (Lipinski definition) is 7. The Morgan fingerprint density at radius 1 is 1.14 bits per heavy atom. The zero-order valence-electron chi connectivity index (χ0n) is 20.5. The topological polar surface area (TPSA) is 123 Å². The number of carbonyl (C=O) groups excluding carboxylic acids is 3. The summed E-state index contributed by atoms with van der Waals surface area (Å²) in [7, 11) is 0. The van der Waals surface area contributed by atoms with Gasteiger partial charge in [-0.15, -0.1) is 0 Å². The normalized spacial score (nSPS) is 14.4. The summed E-state index contributed by atoms with van der Waals surface area (Å²) in [6, 6.07) is 5.78. The van der Waals surface area contributed by atoms with Crippen molar-refractivity contribution in [1.29, 1.82) is 0 Å². The second kappa shape index (κ2) is 11.2. The van der Waals surface area contributed by atoms with Crippen LogP contribution in [0.1, 0.15) is 36.1 Å². The first-order chi connectivity index (χ1) is 17.7. The van der Waals surface area contributed by atoms with E-state index in [2.05, 4.69) is 15.6 Å². The number of ether oxygens (including phenoxy) is 1. The standard InChI is InChI=1S/C24H26Cl2N6O5/c1-4-36-24(35)31-9-7-30(8-10-31)23(34)15(3)32-13-20(14(2)28-32)27-22(33)19-12-21(37-29-19)17-6-5-16(25)11-18(17)26/h5-6,11-13,15H,4,7-10H2,1-3H3,(H,27,33). The molecule has 1 N–H and O–H groups in total. The fourth-order valence-electron chi connectivity index (χ4n) is 3.89. The van der Waals surface area contributed by atoms with Crippen molar-refractivity contribution in [3.05, 3.63) is 51.9 Å². The Kier molecular flexibility index (Phi) is 8.03. The molecule has 13 heteroatoms. The smallest absolute Gasteiger partial charge is 0.409 e. The number of amides is 3. The highest BCUT2D eigenvalue weighted by Crippen LogP contribution is 2.31. The van der Waals surface area contributed by atoms with Gasteiger partial charge in [0.2, 0.25) is 5.91 Å². The molecule has 1 aromatic carbocycles. The maximum absolute atomic E-state index is 13.1. The van der Waals surface area contributed by atoms with E-state index in [0.29, 0.717) is 65.5 Å². The van der Waals surface area contributed by atoms with Crippen molar-refractivity contribution in [1.82, 2.24) is 24.7 Å². The molecule has 4 rings (SSSR count). The minimum absolute atomic E-state index is 0.0526. The molecule has 2 aromatic heterocycles. The van der Waals surface area contributed by atoms with Gasteiger partial charge in [-0.2, -0.15) is 5.10 Å². The Morgan fingerprint density at radius 3 is 2.51 bits per heavy atom. The average molecular weight is 549 g/mol. The number of halogens is 2. The monoisotopic (exact) mass is 548 g/mol. The summed E-state index contributed by atoms with van der Waals surface area (Å²) in [5, 5.41) is 11.9. The number of rotatable bonds is 6. The summed E-state index contributed by atoms with van der Waals surface area (Å²) in [6.45, 7) is 7.12. The van der Waals surface area contributed by atoms with Crippen LogP contribution in [-0.4, -0.2) is 75.4 Å². The van der Waals surface area contributed by atoms with E-state index in [9.17, 15) is 14.4 Å². The number of carbonyl (C=O) groups is 3. The molecule has 0 aliphatic carbocycles. The molecule has 3 heterocycles.